The van der Waals surface area contributed by atoms with Crippen molar-refractivity contribution in [2.24, 2.45) is 0 Å². The quantitative estimate of drug-likeness (QED) is 0.866. The number of benzene rings is 1. The van der Waals surface area contributed by atoms with Crippen LogP contribution in [0.5, 0.6) is 5.88 Å². The fourth-order valence-electron chi connectivity index (χ4n) is 3.25. The van der Waals surface area contributed by atoms with Crippen LogP contribution in [0.4, 0.5) is 5.82 Å². The molecule has 1 aliphatic heterocycles. The third kappa shape index (κ3) is 3.06. The topological polar surface area (TPSA) is 52.4 Å². The average Bonchev–Trinajstić information content (AvgIpc) is 2.60. The monoisotopic (exact) mass is 322 g/mol. The predicted molar refractivity (Wildman–Crippen MR) is 94.1 cm³/mol. The van der Waals surface area contributed by atoms with Crippen LogP contribution >= 0.6 is 0 Å². The SMILES string of the molecule is COc1nc(N(C)C)c2c(c1C#N)CN(Cc1ccccc1)CC2. The molecule has 1 aromatic carbocycles. The lowest BCUT2D eigenvalue weighted by Gasteiger charge is -2.32. The molecule has 0 bridgehead atoms. The number of ether oxygens (including phenoxy) is 1. The van der Waals surface area contributed by atoms with Crippen LogP contribution in [0, 0.1) is 11.3 Å². The lowest BCUT2D eigenvalue weighted by atomic mass is 9.95. The molecule has 0 fully saturated rings. The van der Waals surface area contributed by atoms with E-state index in [4.69, 9.17) is 4.74 Å². The maximum atomic E-state index is 9.61. The zero-order valence-electron chi connectivity index (χ0n) is 14.4. The molecule has 0 amide bonds. The number of aromatic nitrogens is 1. The second kappa shape index (κ2) is 6.90. The Morgan fingerprint density at radius 3 is 2.62 bits per heavy atom. The van der Waals surface area contributed by atoms with Gasteiger partial charge >= 0.3 is 0 Å². The van der Waals surface area contributed by atoms with Gasteiger partial charge in [0.2, 0.25) is 5.88 Å². The molecule has 3 rings (SSSR count). The van der Waals surface area contributed by atoms with Crippen molar-refractivity contribution in [3.63, 3.8) is 0 Å². The Labute approximate surface area is 143 Å². The van der Waals surface area contributed by atoms with Gasteiger partial charge in [-0.15, -0.1) is 0 Å². The van der Waals surface area contributed by atoms with E-state index in [2.05, 4.69) is 40.2 Å². The van der Waals surface area contributed by atoms with Crippen molar-refractivity contribution in [2.75, 3.05) is 32.6 Å². The highest BCUT2D eigenvalue weighted by molar-refractivity contribution is 5.60. The van der Waals surface area contributed by atoms with Crippen LogP contribution in [0.25, 0.3) is 0 Å². The molecule has 2 heterocycles. The van der Waals surface area contributed by atoms with E-state index >= 15 is 0 Å². The molecule has 0 N–H and O–H groups in total. The van der Waals surface area contributed by atoms with Crippen LogP contribution in [0.15, 0.2) is 30.3 Å². The van der Waals surface area contributed by atoms with Crippen molar-refractivity contribution in [1.29, 1.82) is 5.26 Å². The normalized spacial score (nSPS) is 13.9. The summed E-state index contributed by atoms with van der Waals surface area (Å²) in [5.41, 5.74) is 4.07. The summed E-state index contributed by atoms with van der Waals surface area (Å²) in [4.78, 5) is 8.91. The minimum Gasteiger partial charge on any atom is -0.480 e. The highest BCUT2D eigenvalue weighted by Crippen LogP contribution is 2.34. The third-order valence-electron chi connectivity index (χ3n) is 4.39. The summed E-state index contributed by atoms with van der Waals surface area (Å²) in [7, 11) is 5.52. The van der Waals surface area contributed by atoms with E-state index in [0.717, 1.165) is 37.4 Å². The minimum atomic E-state index is 0.418. The molecule has 0 saturated heterocycles. The number of rotatable bonds is 4. The fourth-order valence-corrected chi connectivity index (χ4v) is 3.25. The summed E-state index contributed by atoms with van der Waals surface area (Å²) < 4.78 is 5.37. The maximum Gasteiger partial charge on any atom is 0.233 e. The first-order valence-electron chi connectivity index (χ1n) is 8.07. The van der Waals surface area contributed by atoms with E-state index in [0.29, 0.717) is 11.4 Å². The number of pyridine rings is 1. The van der Waals surface area contributed by atoms with Crippen LogP contribution in [0.3, 0.4) is 0 Å². The van der Waals surface area contributed by atoms with Crippen LogP contribution in [0.1, 0.15) is 22.3 Å². The standard InChI is InChI=1S/C19H22N4O/c1-22(2)18-15-9-10-23(12-14-7-5-4-6-8-14)13-17(15)16(11-20)19(21-18)24-3/h4-8H,9-10,12-13H2,1-3H3. The van der Waals surface area contributed by atoms with Crippen LogP contribution in [-0.4, -0.2) is 37.6 Å². The fraction of sp³-hybridized carbons (Fsp3) is 0.368. The first-order chi connectivity index (χ1) is 11.6. The molecule has 0 saturated carbocycles. The molecular weight excluding hydrogens is 300 g/mol. The number of nitriles is 1. The number of hydrogen-bond donors (Lipinski definition) is 0. The summed E-state index contributed by atoms with van der Waals surface area (Å²) in [6, 6.07) is 12.7. The first-order valence-corrected chi connectivity index (χ1v) is 8.07. The Balaban J connectivity index is 1.97. The van der Waals surface area contributed by atoms with E-state index in [-0.39, 0.29) is 0 Å². The molecule has 1 aliphatic rings. The highest BCUT2D eigenvalue weighted by Gasteiger charge is 2.26. The zero-order chi connectivity index (χ0) is 17.1. The lowest BCUT2D eigenvalue weighted by molar-refractivity contribution is 0.244. The molecule has 0 radical (unpaired) electrons. The zero-order valence-corrected chi connectivity index (χ0v) is 14.4. The Kier molecular flexibility index (Phi) is 4.68. The van der Waals surface area contributed by atoms with Crippen molar-refractivity contribution >= 4 is 5.82 Å². The Hall–Kier alpha value is -2.58. The van der Waals surface area contributed by atoms with E-state index < -0.39 is 0 Å². The van der Waals surface area contributed by atoms with Crippen molar-refractivity contribution in [1.82, 2.24) is 9.88 Å². The maximum absolute atomic E-state index is 9.61. The van der Waals surface area contributed by atoms with Crippen LogP contribution in [0.2, 0.25) is 0 Å². The van der Waals surface area contributed by atoms with Crippen LogP contribution in [-0.2, 0) is 19.5 Å². The second-order valence-corrected chi connectivity index (χ2v) is 6.23. The Morgan fingerprint density at radius 1 is 1.25 bits per heavy atom. The van der Waals surface area contributed by atoms with Gasteiger partial charge < -0.3 is 9.64 Å². The summed E-state index contributed by atoms with van der Waals surface area (Å²) in [6.45, 7) is 2.58. The van der Waals surface area contributed by atoms with Crippen molar-refractivity contribution in [2.45, 2.75) is 19.5 Å². The average molecular weight is 322 g/mol. The number of hydrogen-bond acceptors (Lipinski definition) is 5. The molecule has 0 unspecified atom stereocenters. The molecule has 124 valence electrons. The molecule has 0 atom stereocenters. The van der Waals surface area contributed by atoms with Gasteiger partial charge in [-0.1, -0.05) is 30.3 Å². The largest absolute Gasteiger partial charge is 0.480 e. The Morgan fingerprint density at radius 2 is 2.00 bits per heavy atom. The van der Waals surface area contributed by atoms with Gasteiger partial charge in [-0.05, 0) is 17.5 Å². The molecule has 5 nitrogen and oxygen atoms in total. The van der Waals surface area contributed by atoms with Gasteiger partial charge in [0, 0.05) is 39.3 Å². The molecule has 2 aromatic rings. The smallest absolute Gasteiger partial charge is 0.233 e. The van der Waals surface area contributed by atoms with E-state index in [9.17, 15) is 5.26 Å². The molecule has 1 aromatic heterocycles. The first kappa shape index (κ1) is 16.3. The van der Waals surface area contributed by atoms with Gasteiger partial charge in [-0.25, -0.2) is 0 Å². The minimum absolute atomic E-state index is 0.418. The summed E-state index contributed by atoms with van der Waals surface area (Å²) >= 11 is 0. The molecule has 0 spiro atoms. The van der Waals surface area contributed by atoms with Crippen molar-refractivity contribution < 1.29 is 4.74 Å². The second-order valence-electron chi connectivity index (χ2n) is 6.23. The predicted octanol–water partition coefficient (Wildman–Crippen LogP) is 2.59. The summed E-state index contributed by atoms with van der Waals surface area (Å²) in [6.07, 6.45) is 0.890. The van der Waals surface area contributed by atoms with Crippen molar-refractivity contribution in [3.8, 4) is 11.9 Å². The number of anilines is 1. The van der Waals surface area contributed by atoms with Gasteiger partial charge in [-0.3, -0.25) is 4.90 Å². The summed E-state index contributed by atoms with van der Waals surface area (Å²) in [5, 5.41) is 9.61. The third-order valence-corrected chi connectivity index (χ3v) is 4.39. The van der Waals surface area contributed by atoms with E-state index in [1.54, 1.807) is 7.11 Å². The lowest BCUT2D eigenvalue weighted by Crippen LogP contribution is -2.32. The number of nitrogens with zero attached hydrogens (tertiary/aromatic N) is 4. The number of fused-ring (bicyclic) bond motifs is 1. The van der Waals surface area contributed by atoms with E-state index in [1.807, 2.05) is 25.1 Å². The summed E-state index contributed by atoms with van der Waals surface area (Å²) in [5.74, 6) is 1.32. The molecular formula is C19H22N4O. The van der Waals surface area contributed by atoms with Gasteiger partial charge in [0.1, 0.15) is 17.5 Å². The highest BCUT2D eigenvalue weighted by atomic mass is 16.5. The Bertz CT molecular complexity index is 765. The van der Waals surface area contributed by atoms with Gasteiger partial charge in [0.25, 0.3) is 0 Å². The van der Waals surface area contributed by atoms with E-state index in [1.165, 1.54) is 11.1 Å². The van der Waals surface area contributed by atoms with Crippen molar-refractivity contribution in [3.05, 3.63) is 52.6 Å². The van der Waals surface area contributed by atoms with Gasteiger partial charge in [0.15, 0.2) is 0 Å². The van der Waals surface area contributed by atoms with Gasteiger partial charge in [0.05, 0.1) is 7.11 Å². The molecule has 0 aliphatic carbocycles. The molecule has 24 heavy (non-hydrogen) atoms. The van der Waals surface area contributed by atoms with Gasteiger partial charge in [-0.2, -0.15) is 10.2 Å². The van der Waals surface area contributed by atoms with Crippen LogP contribution < -0.4 is 9.64 Å². The molecule has 5 heteroatoms. The number of methoxy groups -OCH3 is 1.